The lowest BCUT2D eigenvalue weighted by molar-refractivity contribution is 0.00158. The van der Waals surface area contributed by atoms with Crippen molar-refractivity contribution in [2.75, 3.05) is 51.3 Å². The summed E-state index contributed by atoms with van der Waals surface area (Å²) in [6, 6.07) is 4.37. The third-order valence-electron chi connectivity index (χ3n) is 5.12. The number of hydrogen-bond donors (Lipinski definition) is 1. The molecule has 144 valence electrons. The van der Waals surface area contributed by atoms with E-state index in [1.165, 1.54) is 0 Å². The number of nitrogens with one attached hydrogen (secondary N) is 1. The smallest absolute Gasteiger partial charge is 0.255 e. The van der Waals surface area contributed by atoms with Crippen LogP contribution in [0.4, 0.5) is 5.82 Å². The number of amides is 1. The molecular formula is C20H32N4O2. The second-order valence-corrected chi connectivity index (χ2v) is 8.52. The van der Waals surface area contributed by atoms with Crippen molar-refractivity contribution in [2.45, 2.75) is 39.7 Å². The fourth-order valence-electron chi connectivity index (χ4n) is 3.54. The van der Waals surface area contributed by atoms with Gasteiger partial charge in [0.05, 0.1) is 18.8 Å². The molecule has 0 spiro atoms. The van der Waals surface area contributed by atoms with E-state index < -0.39 is 0 Å². The molecule has 0 aromatic carbocycles. The monoisotopic (exact) mass is 360 g/mol. The van der Waals surface area contributed by atoms with Gasteiger partial charge in [-0.25, -0.2) is 4.98 Å². The highest BCUT2D eigenvalue weighted by Crippen LogP contribution is 2.20. The van der Waals surface area contributed by atoms with E-state index >= 15 is 0 Å². The maximum atomic E-state index is 12.7. The summed E-state index contributed by atoms with van der Waals surface area (Å²) in [5.74, 6) is 0.919. The molecule has 2 fully saturated rings. The van der Waals surface area contributed by atoms with Crippen LogP contribution in [0.25, 0.3) is 0 Å². The van der Waals surface area contributed by atoms with Crippen molar-refractivity contribution in [1.82, 2.24) is 14.8 Å². The molecule has 6 heteroatoms. The van der Waals surface area contributed by atoms with Crippen LogP contribution in [0.5, 0.6) is 0 Å². The van der Waals surface area contributed by atoms with E-state index in [1.54, 1.807) is 6.20 Å². The van der Waals surface area contributed by atoms with Gasteiger partial charge in [0.25, 0.3) is 5.91 Å². The Morgan fingerprint density at radius 3 is 2.46 bits per heavy atom. The van der Waals surface area contributed by atoms with E-state index in [-0.39, 0.29) is 11.3 Å². The maximum Gasteiger partial charge on any atom is 0.255 e. The Hall–Kier alpha value is -1.66. The number of carbonyl (C=O) groups excluding carboxylic acids is 1. The summed E-state index contributed by atoms with van der Waals surface area (Å²) < 4.78 is 5.43. The number of carbonyl (C=O) groups is 1. The van der Waals surface area contributed by atoms with Gasteiger partial charge in [-0.3, -0.25) is 9.69 Å². The van der Waals surface area contributed by atoms with Crippen molar-refractivity contribution < 1.29 is 9.53 Å². The van der Waals surface area contributed by atoms with E-state index in [0.717, 1.165) is 64.6 Å². The van der Waals surface area contributed by atoms with E-state index in [2.05, 4.69) is 36.0 Å². The summed E-state index contributed by atoms with van der Waals surface area (Å²) in [6.45, 7) is 12.7. The Morgan fingerprint density at radius 2 is 1.88 bits per heavy atom. The van der Waals surface area contributed by atoms with E-state index in [4.69, 9.17) is 4.74 Å². The quantitative estimate of drug-likeness (QED) is 0.894. The lowest BCUT2D eigenvalue weighted by atomic mass is 9.97. The van der Waals surface area contributed by atoms with Crippen molar-refractivity contribution in [3.8, 4) is 0 Å². The van der Waals surface area contributed by atoms with E-state index in [9.17, 15) is 4.79 Å². The third-order valence-corrected chi connectivity index (χ3v) is 5.12. The molecule has 1 aromatic heterocycles. The largest absolute Gasteiger partial charge is 0.379 e. The molecule has 0 radical (unpaired) electrons. The first-order chi connectivity index (χ1) is 12.4. The number of piperidine rings is 1. The number of pyridine rings is 1. The molecule has 1 amide bonds. The zero-order valence-corrected chi connectivity index (χ0v) is 16.3. The number of likely N-dealkylation sites (tertiary alicyclic amines) is 1. The predicted molar refractivity (Wildman–Crippen MR) is 103 cm³/mol. The van der Waals surface area contributed by atoms with Gasteiger partial charge < -0.3 is 15.0 Å². The highest BCUT2D eigenvalue weighted by Gasteiger charge is 2.28. The Labute approximate surface area is 156 Å². The molecule has 2 aliphatic heterocycles. The molecule has 0 aliphatic carbocycles. The molecule has 0 bridgehead atoms. The Balaban J connectivity index is 1.50. The molecule has 2 aliphatic rings. The van der Waals surface area contributed by atoms with Crippen molar-refractivity contribution >= 4 is 11.7 Å². The lowest BCUT2D eigenvalue weighted by Gasteiger charge is -2.40. The predicted octanol–water partition coefficient (Wildman–Crippen LogP) is 2.48. The number of anilines is 1. The normalized spacial score (nSPS) is 20.2. The van der Waals surface area contributed by atoms with Gasteiger partial charge in [-0.15, -0.1) is 0 Å². The minimum Gasteiger partial charge on any atom is -0.379 e. The van der Waals surface area contributed by atoms with Crippen molar-refractivity contribution in [3.63, 3.8) is 0 Å². The minimum absolute atomic E-state index is 0.0975. The molecular weight excluding hydrogens is 328 g/mol. The molecule has 0 saturated carbocycles. The summed E-state index contributed by atoms with van der Waals surface area (Å²) in [5.41, 5.74) is 0.872. The lowest BCUT2D eigenvalue weighted by Crippen LogP contribution is -2.50. The van der Waals surface area contributed by atoms with Crippen molar-refractivity contribution in [3.05, 3.63) is 23.9 Å². The van der Waals surface area contributed by atoms with Crippen LogP contribution >= 0.6 is 0 Å². The summed E-state index contributed by atoms with van der Waals surface area (Å²) in [6.07, 6.45) is 3.79. The average Bonchev–Trinajstić information content (AvgIpc) is 2.66. The van der Waals surface area contributed by atoms with Crippen molar-refractivity contribution in [2.24, 2.45) is 5.41 Å². The minimum atomic E-state index is 0.0975. The van der Waals surface area contributed by atoms with Crippen LogP contribution in [0.2, 0.25) is 0 Å². The van der Waals surface area contributed by atoms with Gasteiger partial charge >= 0.3 is 0 Å². The van der Waals surface area contributed by atoms with E-state index in [1.807, 2.05) is 17.0 Å². The van der Waals surface area contributed by atoms with Crippen LogP contribution in [-0.4, -0.2) is 72.7 Å². The molecule has 6 nitrogen and oxygen atoms in total. The first kappa shape index (κ1) is 19.1. The van der Waals surface area contributed by atoms with Crippen LogP contribution in [0.1, 0.15) is 44.0 Å². The first-order valence-electron chi connectivity index (χ1n) is 9.73. The number of nitrogens with zero attached hydrogens (tertiary/aromatic N) is 3. The second kappa shape index (κ2) is 8.35. The topological polar surface area (TPSA) is 57.7 Å². The van der Waals surface area contributed by atoms with Gasteiger partial charge in [0.1, 0.15) is 5.82 Å². The number of aromatic nitrogens is 1. The fourth-order valence-corrected chi connectivity index (χ4v) is 3.54. The number of ether oxygens (including phenoxy) is 1. The van der Waals surface area contributed by atoms with Crippen LogP contribution in [0.3, 0.4) is 0 Å². The van der Waals surface area contributed by atoms with Crippen LogP contribution in [-0.2, 0) is 4.74 Å². The van der Waals surface area contributed by atoms with Gasteiger partial charge in [-0.05, 0) is 30.4 Å². The van der Waals surface area contributed by atoms with Crippen LogP contribution in [0, 0.1) is 5.41 Å². The number of hydrogen-bond acceptors (Lipinski definition) is 5. The zero-order chi connectivity index (χ0) is 18.6. The fraction of sp³-hybridized carbons (Fsp3) is 0.700. The van der Waals surface area contributed by atoms with Crippen molar-refractivity contribution in [1.29, 1.82) is 0 Å². The highest BCUT2D eigenvalue weighted by molar-refractivity contribution is 5.94. The molecule has 26 heavy (non-hydrogen) atoms. The Morgan fingerprint density at radius 1 is 1.19 bits per heavy atom. The van der Waals surface area contributed by atoms with Gasteiger partial charge in [-0.2, -0.15) is 0 Å². The van der Waals surface area contributed by atoms with Gasteiger partial charge in [0, 0.05) is 45.0 Å². The van der Waals surface area contributed by atoms with Gasteiger partial charge in [0.2, 0.25) is 0 Å². The van der Waals surface area contributed by atoms with E-state index in [0.29, 0.717) is 11.6 Å². The molecule has 0 atom stereocenters. The first-order valence-corrected chi connectivity index (χ1v) is 9.73. The zero-order valence-electron chi connectivity index (χ0n) is 16.3. The van der Waals surface area contributed by atoms with Crippen LogP contribution in [0.15, 0.2) is 18.3 Å². The van der Waals surface area contributed by atoms with Gasteiger partial charge in [0.15, 0.2) is 0 Å². The third kappa shape index (κ3) is 5.17. The number of morpholine rings is 1. The molecule has 3 heterocycles. The molecule has 2 saturated heterocycles. The summed E-state index contributed by atoms with van der Waals surface area (Å²) >= 11 is 0. The molecule has 1 aromatic rings. The summed E-state index contributed by atoms with van der Waals surface area (Å²) in [5, 5.41) is 3.32. The second-order valence-electron chi connectivity index (χ2n) is 8.52. The number of rotatable bonds is 4. The molecule has 1 N–H and O–H groups in total. The SMILES string of the molecule is CC(C)(C)CNc1ccc(C(=O)N2CCC(N3CCOCC3)CC2)cn1. The van der Waals surface area contributed by atoms with Gasteiger partial charge in [-0.1, -0.05) is 20.8 Å². The Kier molecular flexibility index (Phi) is 6.14. The summed E-state index contributed by atoms with van der Waals surface area (Å²) in [7, 11) is 0. The average molecular weight is 361 g/mol. The molecule has 3 rings (SSSR count). The molecule has 0 unspecified atom stereocenters. The standard InChI is InChI=1S/C20H32N4O2/c1-20(2,3)15-22-18-5-4-16(14-21-18)19(25)24-8-6-17(7-9-24)23-10-12-26-13-11-23/h4-5,14,17H,6-13,15H2,1-3H3,(H,21,22). The van der Waals surface area contributed by atoms with Crippen LogP contribution < -0.4 is 5.32 Å². The highest BCUT2D eigenvalue weighted by atomic mass is 16.5. The maximum absolute atomic E-state index is 12.7. The summed E-state index contributed by atoms with van der Waals surface area (Å²) in [4.78, 5) is 21.6. The Bertz CT molecular complexity index is 583.